The van der Waals surface area contributed by atoms with Gasteiger partial charge >= 0.3 is 0 Å². The molecule has 19 heavy (non-hydrogen) atoms. The van der Waals surface area contributed by atoms with E-state index in [1.54, 1.807) is 27.7 Å². The van der Waals surface area contributed by atoms with Crippen molar-refractivity contribution in [1.82, 2.24) is 0 Å². The van der Waals surface area contributed by atoms with Crippen molar-refractivity contribution in [2.24, 2.45) is 5.16 Å². The molecule has 0 aromatic heterocycles. The molecule has 0 aliphatic carbocycles. The van der Waals surface area contributed by atoms with Crippen molar-refractivity contribution in [3.63, 3.8) is 0 Å². The SMILES string of the molecule is CC1(C)OC[C@@H]([C@@H](O)[C@@H]2OC(C)(C)O[C@@H]2/C=N\O)O1. The minimum Gasteiger partial charge on any atom is -0.411 e. The summed E-state index contributed by atoms with van der Waals surface area (Å²) in [4.78, 5) is 0. The maximum Gasteiger partial charge on any atom is 0.164 e. The molecule has 0 aromatic carbocycles. The lowest BCUT2D eigenvalue weighted by Gasteiger charge is -2.25. The third-order valence-corrected chi connectivity index (χ3v) is 3.13. The van der Waals surface area contributed by atoms with Crippen LogP contribution in [0.5, 0.6) is 0 Å². The smallest absolute Gasteiger partial charge is 0.164 e. The first-order valence-corrected chi connectivity index (χ1v) is 6.27. The molecule has 110 valence electrons. The number of oxime groups is 1. The van der Waals surface area contributed by atoms with E-state index >= 15 is 0 Å². The Labute approximate surface area is 112 Å². The van der Waals surface area contributed by atoms with Crippen molar-refractivity contribution in [1.29, 1.82) is 0 Å². The average molecular weight is 275 g/mol. The normalized spacial score (nSPS) is 38.9. The second-order valence-electron chi connectivity index (χ2n) is 5.69. The number of ether oxygens (including phenoxy) is 4. The van der Waals surface area contributed by atoms with Gasteiger partial charge in [-0.15, -0.1) is 0 Å². The molecule has 2 aliphatic rings. The van der Waals surface area contributed by atoms with Gasteiger partial charge in [0.05, 0.1) is 12.8 Å². The van der Waals surface area contributed by atoms with E-state index in [4.69, 9.17) is 24.2 Å². The Bertz CT molecular complexity index is 356. The second kappa shape index (κ2) is 4.99. The zero-order valence-electron chi connectivity index (χ0n) is 11.6. The monoisotopic (exact) mass is 275 g/mol. The van der Waals surface area contributed by atoms with Gasteiger partial charge in [-0.2, -0.15) is 0 Å². The quantitative estimate of drug-likeness (QED) is 0.442. The summed E-state index contributed by atoms with van der Waals surface area (Å²) in [5, 5.41) is 22.0. The molecule has 2 rings (SSSR count). The third kappa shape index (κ3) is 3.24. The minimum absolute atomic E-state index is 0.275. The molecular weight excluding hydrogens is 254 g/mol. The van der Waals surface area contributed by atoms with Crippen molar-refractivity contribution < 1.29 is 29.3 Å². The van der Waals surface area contributed by atoms with Crippen LogP contribution in [0.4, 0.5) is 0 Å². The van der Waals surface area contributed by atoms with Crippen LogP contribution in [0.15, 0.2) is 5.16 Å². The van der Waals surface area contributed by atoms with Crippen molar-refractivity contribution in [2.75, 3.05) is 6.61 Å². The number of rotatable bonds is 3. The van der Waals surface area contributed by atoms with Gasteiger partial charge in [-0.05, 0) is 27.7 Å². The van der Waals surface area contributed by atoms with E-state index in [1.807, 2.05) is 0 Å². The van der Waals surface area contributed by atoms with E-state index < -0.39 is 36.0 Å². The maximum atomic E-state index is 10.4. The Morgan fingerprint density at radius 3 is 2.37 bits per heavy atom. The molecule has 7 heteroatoms. The molecular formula is C12H21NO6. The molecule has 2 saturated heterocycles. The lowest BCUT2D eigenvalue weighted by molar-refractivity contribution is -0.178. The molecule has 0 spiro atoms. The van der Waals surface area contributed by atoms with E-state index in [9.17, 15) is 5.11 Å². The number of nitrogens with zero attached hydrogens (tertiary/aromatic N) is 1. The minimum atomic E-state index is -0.938. The fraction of sp³-hybridized carbons (Fsp3) is 0.917. The van der Waals surface area contributed by atoms with Crippen LogP contribution in [0, 0.1) is 0 Å². The molecule has 0 bridgehead atoms. The summed E-state index contributed by atoms with van der Waals surface area (Å²) < 4.78 is 22.2. The van der Waals surface area contributed by atoms with Crippen LogP contribution in [0.25, 0.3) is 0 Å². The molecule has 0 saturated carbocycles. The third-order valence-electron chi connectivity index (χ3n) is 3.13. The molecule has 2 heterocycles. The molecule has 0 unspecified atom stereocenters. The Morgan fingerprint density at radius 2 is 1.84 bits per heavy atom. The molecule has 0 aromatic rings. The predicted octanol–water partition coefficient (Wildman–Crippen LogP) is 0.479. The van der Waals surface area contributed by atoms with Gasteiger partial charge in [-0.1, -0.05) is 5.16 Å². The highest BCUT2D eigenvalue weighted by Gasteiger charge is 2.49. The highest BCUT2D eigenvalue weighted by molar-refractivity contribution is 5.64. The Balaban J connectivity index is 2.07. The zero-order valence-corrected chi connectivity index (χ0v) is 11.6. The van der Waals surface area contributed by atoms with Gasteiger partial charge in [0.1, 0.15) is 24.4 Å². The van der Waals surface area contributed by atoms with Gasteiger partial charge in [0.2, 0.25) is 0 Å². The maximum absolute atomic E-state index is 10.4. The van der Waals surface area contributed by atoms with Crippen molar-refractivity contribution in [3.05, 3.63) is 0 Å². The van der Waals surface area contributed by atoms with E-state index in [1.165, 1.54) is 6.21 Å². The lowest BCUT2D eigenvalue weighted by Crippen LogP contribution is -2.45. The Kier molecular flexibility index (Phi) is 3.85. The first kappa shape index (κ1) is 14.7. The first-order valence-electron chi connectivity index (χ1n) is 6.27. The van der Waals surface area contributed by atoms with Crippen LogP contribution in [-0.2, 0) is 18.9 Å². The average Bonchev–Trinajstić information content (AvgIpc) is 2.78. The lowest BCUT2D eigenvalue weighted by atomic mass is 10.0. The van der Waals surface area contributed by atoms with Crippen LogP contribution in [0.1, 0.15) is 27.7 Å². The number of hydrogen-bond donors (Lipinski definition) is 2. The zero-order chi connectivity index (χ0) is 14.3. The Morgan fingerprint density at radius 1 is 1.16 bits per heavy atom. The molecule has 2 aliphatic heterocycles. The number of aliphatic hydroxyl groups excluding tert-OH is 1. The van der Waals surface area contributed by atoms with Crippen molar-refractivity contribution in [3.8, 4) is 0 Å². The molecule has 0 amide bonds. The number of aliphatic hydroxyl groups is 1. The van der Waals surface area contributed by atoms with E-state index in [2.05, 4.69) is 5.16 Å². The fourth-order valence-electron chi connectivity index (χ4n) is 2.36. The highest BCUT2D eigenvalue weighted by Crippen LogP contribution is 2.33. The van der Waals surface area contributed by atoms with Gasteiger partial charge in [0, 0.05) is 0 Å². The molecule has 2 fully saturated rings. The molecule has 2 N–H and O–H groups in total. The summed E-state index contributed by atoms with van der Waals surface area (Å²) in [6.07, 6.45) is -1.56. The molecule has 4 atom stereocenters. The Hall–Kier alpha value is -0.730. The predicted molar refractivity (Wildman–Crippen MR) is 65.0 cm³/mol. The van der Waals surface area contributed by atoms with Gasteiger partial charge in [0.25, 0.3) is 0 Å². The molecule has 7 nitrogen and oxygen atoms in total. The summed E-state index contributed by atoms with van der Waals surface area (Å²) in [7, 11) is 0. The van der Waals surface area contributed by atoms with Gasteiger partial charge in [-0.3, -0.25) is 0 Å². The van der Waals surface area contributed by atoms with Crippen LogP contribution >= 0.6 is 0 Å². The van der Waals surface area contributed by atoms with Crippen molar-refractivity contribution in [2.45, 2.75) is 63.7 Å². The topological polar surface area (TPSA) is 89.7 Å². The van der Waals surface area contributed by atoms with Crippen molar-refractivity contribution >= 4 is 6.21 Å². The van der Waals surface area contributed by atoms with Gasteiger partial charge in [-0.25, -0.2) is 0 Å². The van der Waals surface area contributed by atoms with E-state index in [0.29, 0.717) is 0 Å². The standard InChI is InChI=1S/C12H21NO6/c1-11(2)16-6-8(18-11)9(14)10-7(5-13-15)17-12(3,4)19-10/h5,7-10,14-15H,6H2,1-4H3/b13-5-/t7-,8+,9-,10-/m1/s1. The van der Waals surface area contributed by atoms with Gasteiger partial charge in [0.15, 0.2) is 11.6 Å². The second-order valence-corrected chi connectivity index (χ2v) is 5.69. The first-order chi connectivity index (χ1) is 8.74. The van der Waals surface area contributed by atoms with Crippen LogP contribution < -0.4 is 0 Å². The van der Waals surface area contributed by atoms with Crippen LogP contribution in [0.3, 0.4) is 0 Å². The summed E-state index contributed by atoms with van der Waals surface area (Å²) in [6.45, 7) is 7.30. The summed E-state index contributed by atoms with van der Waals surface area (Å²) in [6, 6.07) is 0. The number of hydrogen-bond acceptors (Lipinski definition) is 7. The van der Waals surface area contributed by atoms with Crippen LogP contribution in [-0.4, -0.2) is 59.1 Å². The summed E-state index contributed by atoms with van der Waals surface area (Å²) in [5.41, 5.74) is 0. The summed E-state index contributed by atoms with van der Waals surface area (Å²) in [5.74, 6) is -1.58. The van der Waals surface area contributed by atoms with Gasteiger partial charge < -0.3 is 29.3 Å². The largest absolute Gasteiger partial charge is 0.411 e. The van der Waals surface area contributed by atoms with E-state index in [-0.39, 0.29) is 6.61 Å². The van der Waals surface area contributed by atoms with E-state index in [0.717, 1.165) is 0 Å². The highest BCUT2D eigenvalue weighted by atomic mass is 16.8. The molecule has 0 radical (unpaired) electrons. The fourth-order valence-corrected chi connectivity index (χ4v) is 2.36. The summed E-state index contributed by atoms with van der Waals surface area (Å²) >= 11 is 0. The van der Waals surface area contributed by atoms with Crippen LogP contribution in [0.2, 0.25) is 0 Å².